The van der Waals surface area contributed by atoms with Gasteiger partial charge in [0.15, 0.2) is 0 Å². The lowest BCUT2D eigenvalue weighted by Crippen LogP contribution is -2.38. The third kappa shape index (κ3) is 2.50. The van der Waals surface area contributed by atoms with Crippen LogP contribution in [0.3, 0.4) is 0 Å². The molecule has 1 aromatic rings. The van der Waals surface area contributed by atoms with Gasteiger partial charge in [0.05, 0.1) is 0 Å². The predicted octanol–water partition coefficient (Wildman–Crippen LogP) is 1.56. The molecule has 0 aliphatic carbocycles. The zero-order chi connectivity index (χ0) is 11.6. The Hall–Kier alpha value is -1.16. The fourth-order valence-electron chi connectivity index (χ4n) is 1.93. The molecule has 1 fully saturated rings. The summed E-state index contributed by atoms with van der Waals surface area (Å²) in [7, 11) is 0. The molecule has 0 radical (unpaired) electrons. The topological polar surface area (TPSA) is 55.0 Å². The highest BCUT2D eigenvalue weighted by atomic mass is 15.2. The summed E-state index contributed by atoms with van der Waals surface area (Å²) in [5, 5.41) is 0. The van der Waals surface area contributed by atoms with Gasteiger partial charge in [0.2, 0.25) is 5.95 Å². The van der Waals surface area contributed by atoms with Gasteiger partial charge in [0.25, 0.3) is 0 Å². The summed E-state index contributed by atoms with van der Waals surface area (Å²) in [5.74, 6) is 0.840. The lowest BCUT2D eigenvalue weighted by Gasteiger charge is -2.36. The average Bonchev–Trinajstić information content (AvgIpc) is 2.29. The smallest absolute Gasteiger partial charge is 0.225 e. The van der Waals surface area contributed by atoms with Gasteiger partial charge < -0.3 is 10.6 Å². The van der Waals surface area contributed by atoms with Crippen LogP contribution in [0.5, 0.6) is 0 Å². The molecule has 1 aromatic heterocycles. The van der Waals surface area contributed by atoms with E-state index in [-0.39, 0.29) is 0 Å². The molecule has 0 atom stereocenters. The Morgan fingerprint density at radius 1 is 1.25 bits per heavy atom. The van der Waals surface area contributed by atoms with Crippen LogP contribution in [0.4, 0.5) is 5.95 Å². The van der Waals surface area contributed by atoms with Crippen LogP contribution in [0.2, 0.25) is 0 Å². The van der Waals surface area contributed by atoms with Crippen molar-refractivity contribution in [1.29, 1.82) is 0 Å². The number of nitrogens with zero attached hydrogens (tertiary/aromatic N) is 3. The van der Waals surface area contributed by atoms with Crippen molar-refractivity contribution in [2.45, 2.75) is 33.2 Å². The number of hydrogen-bond acceptors (Lipinski definition) is 4. The molecule has 2 N–H and O–H groups in total. The number of rotatable bonds is 2. The van der Waals surface area contributed by atoms with Gasteiger partial charge in [0, 0.05) is 37.6 Å². The molecule has 4 heteroatoms. The normalized spacial score (nSPS) is 19.8. The van der Waals surface area contributed by atoms with E-state index in [2.05, 4.69) is 28.7 Å². The minimum atomic E-state index is 0.466. The van der Waals surface area contributed by atoms with E-state index in [1.54, 1.807) is 0 Å². The monoisotopic (exact) mass is 220 g/mol. The highest BCUT2D eigenvalue weighted by molar-refractivity contribution is 5.30. The first-order valence-electron chi connectivity index (χ1n) is 5.87. The average molecular weight is 220 g/mol. The first kappa shape index (κ1) is 11.3. The molecule has 1 aliphatic rings. The predicted molar refractivity (Wildman–Crippen MR) is 65.2 cm³/mol. The third-order valence-electron chi connectivity index (χ3n) is 3.33. The van der Waals surface area contributed by atoms with Crippen molar-refractivity contribution >= 4 is 5.95 Å². The van der Waals surface area contributed by atoms with E-state index < -0.39 is 0 Å². The number of anilines is 1. The van der Waals surface area contributed by atoms with Gasteiger partial charge in [-0.15, -0.1) is 0 Å². The second kappa shape index (κ2) is 4.37. The minimum absolute atomic E-state index is 0.466. The Balaban J connectivity index is 2.03. The number of aromatic nitrogens is 2. The van der Waals surface area contributed by atoms with E-state index in [9.17, 15) is 0 Å². The molecule has 2 rings (SSSR count). The summed E-state index contributed by atoms with van der Waals surface area (Å²) >= 11 is 0. The maximum atomic E-state index is 5.52. The van der Waals surface area contributed by atoms with Crippen LogP contribution in [0.1, 0.15) is 32.3 Å². The zero-order valence-corrected chi connectivity index (χ0v) is 10.1. The van der Waals surface area contributed by atoms with E-state index in [0.29, 0.717) is 12.0 Å². The van der Waals surface area contributed by atoms with E-state index in [1.165, 1.54) is 12.8 Å². The second-order valence-corrected chi connectivity index (χ2v) is 5.25. The first-order chi connectivity index (χ1) is 7.61. The van der Waals surface area contributed by atoms with Crippen molar-refractivity contribution in [3.8, 4) is 0 Å². The van der Waals surface area contributed by atoms with Gasteiger partial charge in [-0.3, -0.25) is 0 Å². The first-order valence-corrected chi connectivity index (χ1v) is 5.87. The van der Waals surface area contributed by atoms with Crippen LogP contribution in [0.25, 0.3) is 0 Å². The molecule has 88 valence electrons. The maximum absolute atomic E-state index is 5.52. The van der Waals surface area contributed by atoms with Crippen LogP contribution in [0, 0.1) is 5.41 Å². The Kier molecular flexibility index (Phi) is 3.10. The molecule has 16 heavy (non-hydrogen) atoms. The molecule has 1 aliphatic heterocycles. The molecule has 0 amide bonds. The summed E-state index contributed by atoms with van der Waals surface area (Å²) in [5.41, 5.74) is 6.97. The van der Waals surface area contributed by atoms with Crippen molar-refractivity contribution in [1.82, 2.24) is 9.97 Å². The molecular formula is C12H20N4. The molecule has 0 unspecified atom stereocenters. The van der Waals surface area contributed by atoms with E-state index >= 15 is 0 Å². The van der Waals surface area contributed by atoms with Crippen LogP contribution in [0.15, 0.2) is 12.4 Å². The lowest BCUT2D eigenvalue weighted by molar-refractivity contribution is 0.278. The maximum Gasteiger partial charge on any atom is 0.225 e. The van der Waals surface area contributed by atoms with E-state index in [0.717, 1.165) is 24.6 Å². The number of nitrogens with two attached hydrogens (primary N) is 1. The highest BCUT2D eigenvalue weighted by Gasteiger charge is 2.26. The SMILES string of the molecule is CC1(C)CCN(c2ncc(CN)cn2)CC1. The largest absolute Gasteiger partial charge is 0.341 e. The highest BCUT2D eigenvalue weighted by Crippen LogP contribution is 2.30. The van der Waals surface area contributed by atoms with E-state index in [1.807, 2.05) is 12.4 Å². The minimum Gasteiger partial charge on any atom is -0.341 e. The Labute approximate surface area is 96.9 Å². The molecule has 0 aromatic carbocycles. The fraction of sp³-hybridized carbons (Fsp3) is 0.667. The molecule has 2 heterocycles. The second-order valence-electron chi connectivity index (χ2n) is 5.25. The summed E-state index contributed by atoms with van der Waals surface area (Å²) in [6.45, 7) is 7.25. The summed E-state index contributed by atoms with van der Waals surface area (Å²) in [6.07, 6.45) is 6.05. The van der Waals surface area contributed by atoms with Crippen LogP contribution >= 0.6 is 0 Å². The van der Waals surface area contributed by atoms with Gasteiger partial charge in [-0.05, 0) is 18.3 Å². The zero-order valence-electron chi connectivity index (χ0n) is 10.1. The summed E-state index contributed by atoms with van der Waals surface area (Å²) in [4.78, 5) is 11.0. The summed E-state index contributed by atoms with van der Waals surface area (Å²) in [6, 6.07) is 0. The number of piperidine rings is 1. The quantitative estimate of drug-likeness (QED) is 0.822. The standard InChI is InChI=1S/C12H20N4/c1-12(2)3-5-16(6-4-12)11-14-8-10(7-13)9-15-11/h8-9H,3-7,13H2,1-2H3. The summed E-state index contributed by atoms with van der Waals surface area (Å²) < 4.78 is 0. The van der Waals surface area contributed by atoms with Crippen molar-refractivity contribution in [2.75, 3.05) is 18.0 Å². The van der Waals surface area contributed by atoms with Gasteiger partial charge in [-0.2, -0.15) is 0 Å². The Morgan fingerprint density at radius 2 is 1.81 bits per heavy atom. The molecule has 0 spiro atoms. The van der Waals surface area contributed by atoms with Gasteiger partial charge in [-0.25, -0.2) is 9.97 Å². The fourth-order valence-corrected chi connectivity index (χ4v) is 1.93. The number of hydrogen-bond donors (Lipinski definition) is 1. The van der Waals surface area contributed by atoms with Gasteiger partial charge >= 0.3 is 0 Å². The van der Waals surface area contributed by atoms with Gasteiger partial charge in [0.1, 0.15) is 0 Å². The molecule has 4 nitrogen and oxygen atoms in total. The van der Waals surface area contributed by atoms with E-state index in [4.69, 9.17) is 5.73 Å². The Morgan fingerprint density at radius 3 is 2.31 bits per heavy atom. The molecular weight excluding hydrogens is 200 g/mol. The van der Waals surface area contributed by atoms with Crippen molar-refractivity contribution in [3.63, 3.8) is 0 Å². The van der Waals surface area contributed by atoms with Crippen molar-refractivity contribution < 1.29 is 0 Å². The van der Waals surface area contributed by atoms with Crippen LogP contribution in [-0.4, -0.2) is 23.1 Å². The third-order valence-corrected chi connectivity index (χ3v) is 3.33. The van der Waals surface area contributed by atoms with Crippen molar-refractivity contribution in [2.24, 2.45) is 11.1 Å². The Bertz CT molecular complexity index is 335. The van der Waals surface area contributed by atoms with Crippen LogP contribution < -0.4 is 10.6 Å². The van der Waals surface area contributed by atoms with Crippen LogP contribution in [-0.2, 0) is 6.54 Å². The molecule has 1 saturated heterocycles. The van der Waals surface area contributed by atoms with Gasteiger partial charge in [-0.1, -0.05) is 13.8 Å². The van der Waals surface area contributed by atoms with Crippen molar-refractivity contribution in [3.05, 3.63) is 18.0 Å². The molecule has 0 saturated carbocycles. The molecule has 0 bridgehead atoms. The lowest BCUT2D eigenvalue weighted by atomic mass is 9.83.